The fourth-order valence-electron chi connectivity index (χ4n) is 0.755. The molecule has 0 heterocycles. The maximum absolute atomic E-state index is 5.35. The van der Waals surface area contributed by atoms with Crippen LogP contribution in [-0.2, 0) is 26.8 Å². The summed E-state index contributed by atoms with van der Waals surface area (Å²) in [6.07, 6.45) is 0.967. The van der Waals surface area contributed by atoms with E-state index in [0.717, 1.165) is 13.0 Å². The van der Waals surface area contributed by atoms with E-state index in [1.807, 2.05) is 24.3 Å². The van der Waals surface area contributed by atoms with Gasteiger partial charge in [0.2, 0.25) is 0 Å². The Morgan fingerprint density at radius 1 is 1.30 bits per heavy atom. The summed E-state index contributed by atoms with van der Waals surface area (Å²) in [7, 11) is 0. The molecule has 2 heteroatoms. The minimum atomic E-state index is 0. The molecule has 0 bridgehead atoms. The molecule has 1 aromatic carbocycles. The molecule has 10 heavy (non-hydrogen) atoms. The summed E-state index contributed by atoms with van der Waals surface area (Å²) in [6, 6.07) is 10.8. The SMILES string of the molecule is NCCc1cc[c]cc1.[Pd]. The predicted molar refractivity (Wildman–Crippen MR) is 38.0 cm³/mol. The van der Waals surface area contributed by atoms with Crippen LogP contribution in [0.5, 0.6) is 0 Å². The van der Waals surface area contributed by atoms with Gasteiger partial charge in [-0.25, -0.2) is 0 Å². The second-order valence-electron chi connectivity index (χ2n) is 1.95. The Hall–Kier alpha value is -0.158. The molecule has 2 N–H and O–H groups in total. The first-order valence-electron chi connectivity index (χ1n) is 3.08. The molecule has 0 amide bonds. The van der Waals surface area contributed by atoms with Gasteiger partial charge < -0.3 is 5.73 Å². The molecule has 0 aromatic heterocycles. The van der Waals surface area contributed by atoms with Crippen molar-refractivity contribution in [3.63, 3.8) is 0 Å². The van der Waals surface area contributed by atoms with Gasteiger partial charge in [0.15, 0.2) is 0 Å². The Morgan fingerprint density at radius 2 is 1.90 bits per heavy atom. The first kappa shape index (κ1) is 9.84. The predicted octanol–water partition coefficient (Wildman–Crippen LogP) is 0.985. The van der Waals surface area contributed by atoms with Crippen molar-refractivity contribution in [3.05, 3.63) is 35.9 Å². The molecule has 1 rings (SSSR count). The van der Waals surface area contributed by atoms with E-state index in [9.17, 15) is 0 Å². The van der Waals surface area contributed by atoms with E-state index in [1.165, 1.54) is 5.56 Å². The first-order valence-corrected chi connectivity index (χ1v) is 3.08. The van der Waals surface area contributed by atoms with Crippen LogP contribution < -0.4 is 5.73 Å². The average Bonchev–Trinajstić information content (AvgIpc) is 1.91. The van der Waals surface area contributed by atoms with Crippen LogP contribution in [0.2, 0.25) is 0 Å². The Balaban J connectivity index is 0.000000810. The molecule has 0 fully saturated rings. The zero-order valence-corrected chi connectivity index (χ0v) is 7.17. The fourth-order valence-corrected chi connectivity index (χ4v) is 0.755. The number of nitrogens with two attached hydrogens (primary N) is 1. The Bertz CT molecular complexity index is 162. The van der Waals surface area contributed by atoms with Gasteiger partial charge in [-0.2, -0.15) is 0 Å². The van der Waals surface area contributed by atoms with E-state index < -0.39 is 0 Å². The van der Waals surface area contributed by atoms with Crippen molar-refractivity contribution in [2.24, 2.45) is 5.73 Å². The van der Waals surface area contributed by atoms with Crippen LogP contribution in [0.25, 0.3) is 0 Å². The maximum Gasteiger partial charge on any atom is 0 e. The van der Waals surface area contributed by atoms with E-state index >= 15 is 0 Å². The standard InChI is InChI=1S/C8H10N.Pd/c9-7-6-8-4-2-1-3-5-8;/h2-5H,6-7,9H2;. The molecule has 0 saturated heterocycles. The number of hydrogen-bond acceptors (Lipinski definition) is 1. The van der Waals surface area contributed by atoms with Gasteiger partial charge in [0.05, 0.1) is 0 Å². The summed E-state index contributed by atoms with van der Waals surface area (Å²) >= 11 is 0. The molecule has 0 unspecified atom stereocenters. The normalized spacial score (nSPS) is 8.50. The fraction of sp³-hybridized carbons (Fsp3) is 0.250. The quantitative estimate of drug-likeness (QED) is 0.748. The minimum Gasteiger partial charge on any atom is -0.330 e. The molecule has 0 aliphatic heterocycles. The van der Waals surface area contributed by atoms with Crippen molar-refractivity contribution in [1.82, 2.24) is 0 Å². The van der Waals surface area contributed by atoms with Crippen molar-refractivity contribution in [3.8, 4) is 0 Å². The summed E-state index contributed by atoms with van der Waals surface area (Å²) in [5.41, 5.74) is 6.64. The average molecular weight is 227 g/mol. The Morgan fingerprint density at radius 3 is 2.40 bits per heavy atom. The molecule has 0 spiro atoms. The maximum atomic E-state index is 5.35. The zero-order chi connectivity index (χ0) is 6.53. The summed E-state index contributed by atoms with van der Waals surface area (Å²) in [6.45, 7) is 0.726. The molecule has 0 aliphatic carbocycles. The van der Waals surface area contributed by atoms with Gasteiger partial charge in [0.1, 0.15) is 0 Å². The van der Waals surface area contributed by atoms with Crippen LogP contribution in [-0.4, -0.2) is 6.54 Å². The third-order valence-electron chi connectivity index (χ3n) is 1.22. The summed E-state index contributed by atoms with van der Waals surface area (Å²) in [5.74, 6) is 0. The molecular formula is C8H10NPd. The second kappa shape index (κ2) is 5.61. The van der Waals surface area contributed by atoms with Gasteiger partial charge in [-0.15, -0.1) is 0 Å². The molecular weight excluding hydrogens is 217 g/mol. The van der Waals surface area contributed by atoms with E-state index in [1.54, 1.807) is 0 Å². The van der Waals surface area contributed by atoms with Crippen molar-refractivity contribution in [2.75, 3.05) is 6.54 Å². The zero-order valence-electron chi connectivity index (χ0n) is 5.62. The van der Waals surface area contributed by atoms with E-state index in [2.05, 4.69) is 6.07 Å². The topological polar surface area (TPSA) is 26.0 Å². The van der Waals surface area contributed by atoms with Crippen LogP contribution >= 0.6 is 0 Å². The molecule has 57 valence electrons. The summed E-state index contributed by atoms with van der Waals surface area (Å²) in [4.78, 5) is 0. The van der Waals surface area contributed by atoms with Crippen molar-refractivity contribution >= 4 is 0 Å². The summed E-state index contributed by atoms with van der Waals surface area (Å²) in [5, 5.41) is 0. The van der Waals surface area contributed by atoms with E-state index in [4.69, 9.17) is 5.73 Å². The molecule has 0 atom stereocenters. The molecule has 1 radical (unpaired) electrons. The Kier molecular flexibility index (Phi) is 5.53. The van der Waals surface area contributed by atoms with Gasteiger partial charge >= 0.3 is 0 Å². The van der Waals surface area contributed by atoms with E-state index in [0.29, 0.717) is 0 Å². The van der Waals surface area contributed by atoms with Crippen molar-refractivity contribution < 1.29 is 20.4 Å². The van der Waals surface area contributed by atoms with Crippen molar-refractivity contribution in [2.45, 2.75) is 6.42 Å². The van der Waals surface area contributed by atoms with Gasteiger partial charge in [-0.3, -0.25) is 0 Å². The smallest absolute Gasteiger partial charge is 0 e. The van der Waals surface area contributed by atoms with Gasteiger partial charge in [-0.1, -0.05) is 24.3 Å². The number of hydrogen-bond donors (Lipinski definition) is 1. The minimum absolute atomic E-state index is 0. The third-order valence-corrected chi connectivity index (χ3v) is 1.22. The number of benzene rings is 1. The number of rotatable bonds is 2. The summed E-state index contributed by atoms with van der Waals surface area (Å²) < 4.78 is 0. The molecule has 1 nitrogen and oxygen atoms in total. The third kappa shape index (κ3) is 3.12. The Labute approximate surface area is 75.3 Å². The van der Waals surface area contributed by atoms with E-state index in [-0.39, 0.29) is 20.4 Å². The van der Waals surface area contributed by atoms with Crippen LogP contribution in [0.1, 0.15) is 5.56 Å². The largest absolute Gasteiger partial charge is 0.330 e. The van der Waals surface area contributed by atoms with Gasteiger partial charge in [-0.05, 0) is 24.6 Å². The van der Waals surface area contributed by atoms with Crippen LogP contribution in [0, 0.1) is 6.07 Å². The van der Waals surface area contributed by atoms with Crippen LogP contribution in [0.4, 0.5) is 0 Å². The molecule has 1 aromatic rings. The molecule has 0 aliphatic rings. The van der Waals surface area contributed by atoms with Crippen molar-refractivity contribution in [1.29, 1.82) is 0 Å². The van der Waals surface area contributed by atoms with Gasteiger partial charge in [0, 0.05) is 20.4 Å². The van der Waals surface area contributed by atoms with Crippen LogP contribution in [0.15, 0.2) is 24.3 Å². The second-order valence-corrected chi connectivity index (χ2v) is 1.95. The van der Waals surface area contributed by atoms with Gasteiger partial charge in [0.25, 0.3) is 0 Å². The monoisotopic (exact) mass is 226 g/mol. The molecule has 0 saturated carbocycles. The first-order chi connectivity index (χ1) is 4.43. The van der Waals surface area contributed by atoms with Crippen LogP contribution in [0.3, 0.4) is 0 Å².